The number of thiophene rings is 1. The molecule has 0 saturated heterocycles. The van der Waals surface area contributed by atoms with Crippen molar-refractivity contribution in [3.05, 3.63) is 87.0 Å². The van der Waals surface area contributed by atoms with Crippen LogP contribution in [0.4, 0.5) is 5.69 Å². The number of aromatic nitrogens is 1. The lowest BCUT2D eigenvalue weighted by Gasteiger charge is -2.21. The van der Waals surface area contributed by atoms with Gasteiger partial charge in [0.15, 0.2) is 23.0 Å². The highest BCUT2D eigenvalue weighted by atomic mass is 35.5. The maximum atomic E-state index is 14.3. The van der Waals surface area contributed by atoms with E-state index in [4.69, 9.17) is 34.2 Å². The number of fused-ring (bicyclic) bond motifs is 1. The summed E-state index contributed by atoms with van der Waals surface area (Å²) in [5, 5.41) is 4.63. The molecule has 2 N–H and O–H groups in total. The van der Waals surface area contributed by atoms with Gasteiger partial charge in [-0.25, -0.2) is 4.79 Å². The summed E-state index contributed by atoms with van der Waals surface area (Å²) in [7, 11) is 7.25. The molecule has 0 fully saturated rings. The summed E-state index contributed by atoms with van der Waals surface area (Å²) >= 11 is 1.56. The first-order chi connectivity index (χ1) is 20.8. The molecule has 5 aromatic rings. The van der Waals surface area contributed by atoms with Crippen LogP contribution in [0.15, 0.2) is 70.2 Å². The average Bonchev–Trinajstić information content (AvgIpc) is 3.56. The number of carbonyl (C=O) groups excluding carboxylic acids is 1. The Hall–Kier alpha value is -4.87. The molecule has 0 bridgehead atoms. The Morgan fingerprint density at radius 1 is 0.818 bits per heavy atom. The molecule has 2 heterocycles. The zero-order chi connectivity index (χ0) is 30.7. The highest BCUT2D eigenvalue weighted by molar-refractivity contribution is 7.07. The number of anilines is 1. The van der Waals surface area contributed by atoms with E-state index >= 15 is 0 Å². The van der Waals surface area contributed by atoms with Gasteiger partial charge in [0.1, 0.15) is 12.3 Å². The predicted molar refractivity (Wildman–Crippen MR) is 173 cm³/mol. The van der Waals surface area contributed by atoms with Crippen LogP contribution in [-0.4, -0.2) is 46.1 Å². The van der Waals surface area contributed by atoms with Gasteiger partial charge in [-0.05, 0) is 76.5 Å². The summed E-state index contributed by atoms with van der Waals surface area (Å²) < 4.78 is 35.1. The van der Waals surface area contributed by atoms with E-state index in [0.717, 1.165) is 5.56 Å². The van der Waals surface area contributed by atoms with Crippen molar-refractivity contribution in [1.29, 1.82) is 0 Å². The van der Waals surface area contributed by atoms with Gasteiger partial charge in [-0.1, -0.05) is 0 Å². The van der Waals surface area contributed by atoms with Gasteiger partial charge in [0.2, 0.25) is 5.75 Å². The number of rotatable bonds is 10. The van der Waals surface area contributed by atoms with Gasteiger partial charge in [0.25, 0.3) is 5.56 Å². The van der Waals surface area contributed by atoms with Crippen molar-refractivity contribution in [2.45, 2.75) is 6.61 Å². The lowest BCUT2D eigenvalue weighted by molar-refractivity contribution is 0.0591. The quantitative estimate of drug-likeness (QED) is 0.142. The Balaban J connectivity index is 0.00000442. The minimum absolute atomic E-state index is 0. The molecule has 0 aliphatic heterocycles. The molecule has 44 heavy (non-hydrogen) atoms. The van der Waals surface area contributed by atoms with E-state index in [-0.39, 0.29) is 30.1 Å². The summed E-state index contributed by atoms with van der Waals surface area (Å²) in [5.74, 6) is 1.07. The lowest BCUT2D eigenvalue weighted by Crippen LogP contribution is -2.27. The first-order valence-electron chi connectivity index (χ1n) is 13.0. The van der Waals surface area contributed by atoms with Crippen LogP contribution < -0.4 is 35.0 Å². The average molecular weight is 639 g/mol. The third-order valence-electron chi connectivity index (χ3n) is 6.92. The van der Waals surface area contributed by atoms with Crippen LogP contribution in [-0.2, 0) is 11.3 Å². The van der Waals surface area contributed by atoms with Crippen LogP contribution in [0.1, 0.15) is 16.1 Å². The number of halogens is 1. The van der Waals surface area contributed by atoms with Crippen molar-refractivity contribution < 1.29 is 33.2 Å². The second kappa shape index (κ2) is 13.6. The number of ether oxygens (including phenoxy) is 6. The van der Waals surface area contributed by atoms with Gasteiger partial charge < -0.3 is 34.2 Å². The van der Waals surface area contributed by atoms with Gasteiger partial charge in [-0.15, -0.1) is 12.4 Å². The molecule has 0 saturated carbocycles. The zero-order valence-electron chi connectivity index (χ0n) is 24.7. The number of pyridine rings is 1. The number of nitrogen functional groups attached to an aromatic ring is 1. The molecular formula is C32H31ClN2O8S. The third kappa shape index (κ3) is 5.84. The predicted octanol–water partition coefficient (Wildman–Crippen LogP) is 6.12. The highest BCUT2D eigenvalue weighted by Crippen LogP contribution is 2.45. The van der Waals surface area contributed by atoms with Crippen LogP contribution in [0.5, 0.6) is 28.7 Å². The number of benzene rings is 3. The second-order valence-corrected chi connectivity index (χ2v) is 10.1. The number of carbonyl (C=O) groups is 1. The molecule has 5 rings (SSSR count). The van der Waals surface area contributed by atoms with Gasteiger partial charge in [-0.2, -0.15) is 11.3 Å². The molecule has 12 heteroatoms. The largest absolute Gasteiger partial charge is 0.493 e. The molecule has 0 atom stereocenters. The minimum atomic E-state index is -0.740. The molecule has 0 radical (unpaired) electrons. The Morgan fingerprint density at radius 2 is 1.45 bits per heavy atom. The Labute approximate surface area is 263 Å². The van der Waals surface area contributed by atoms with E-state index in [2.05, 4.69) is 0 Å². The first-order valence-corrected chi connectivity index (χ1v) is 14.0. The molecule has 0 amide bonds. The molecule has 10 nitrogen and oxygen atoms in total. The van der Waals surface area contributed by atoms with Crippen molar-refractivity contribution in [3.63, 3.8) is 0 Å². The van der Waals surface area contributed by atoms with Gasteiger partial charge in [-0.3, -0.25) is 9.36 Å². The Morgan fingerprint density at radius 3 is 2.00 bits per heavy atom. The standard InChI is InChI=1S/C32H30N2O8S.ClH/c1-37-24-14-22-23(15-25(24)42-16-18-10-11-43-17-18)31(35)34(21-8-6-20(33)7-9-21)29(32(36)41-5)28(22)19-12-26(38-2)30(40-4)27(13-19)39-3;/h6-15,17H,16,33H2,1-5H3;1H. The SMILES string of the molecule is COC(=O)c1c(-c2cc(OC)c(OC)c(OC)c2)c2cc(OC)c(OCc3ccsc3)cc2c(=O)n1-c1ccc(N)cc1.Cl. The number of nitrogens with zero attached hydrogens (tertiary/aromatic N) is 1. The number of hydrogen-bond acceptors (Lipinski definition) is 10. The Kier molecular flexibility index (Phi) is 9.92. The summed E-state index contributed by atoms with van der Waals surface area (Å²) in [6.07, 6.45) is 0. The molecule has 0 aliphatic carbocycles. The fraction of sp³-hybridized carbons (Fsp3) is 0.188. The monoisotopic (exact) mass is 638 g/mol. The van der Waals surface area contributed by atoms with Crippen molar-refractivity contribution in [2.24, 2.45) is 0 Å². The maximum Gasteiger partial charge on any atom is 0.355 e. The molecule has 0 spiro atoms. The smallest absolute Gasteiger partial charge is 0.355 e. The molecule has 0 unspecified atom stereocenters. The van der Waals surface area contributed by atoms with Gasteiger partial charge in [0.05, 0.1) is 40.9 Å². The van der Waals surface area contributed by atoms with Crippen molar-refractivity contribution in [1.82, 2.24) is 4.57 Å². The summed E-state index contributed by atoms with van der Waals surface area (Å²) in [4.78, 5) is 27.9. The molecule has 3 aromatic carbocycles. The zero-order valence-corrected chi connectivity index (χ0v) is 26.3. The minimum Gasteiger partial charge on any atom is -0.493 e. The first kappa shape index (κ1) is 32.1. The fourth-order valence-corrected chi connectivity index (χ4v) is 5.54. The van der Waals surface area contributed by atoms with Crippen LogP contribution in [0.2, 0.25) is 0 Å². The third-order valence-corrected chi connectivity index (χ3v) is 7.66. The molecular weight excluding hydrogens is 608 g/mol. The van der Waals surface area contributed by atoms with Crippen molar-refractivity contribution >= 4 is 46.2 Å². The van der Waals surface area contributed by atoms with E-state index < -0.39 is 11.5 Å². The van der Waals surface area contributed by atoms with Crippen LogP contribution in [0, 0.1) is 0 Å². The number of methoxy groups -OCH3 is 5. The van der Waals surface area contributed by atoms with Gasteiger partial charge >= 0.3 is 5.97 Å². The number of esters is 1. The fourth-order valence-electron chi connectivity index (χ4n) is 4.89. The summed E-state index contributed by atoms with van der Waals surface area (Å²) in [6.45, 7) is 0.275. The van der Waals surface area contributed by atoms with E-state index in [1.54, 1.807) is 59.9 Å². The Bertz CT molecular complexity index is 1830. The number of nitrogens with two attached hydrogens (primary N) is 1. The van der Waals surface area contributed by atoms with Crippen LogP contribution >= 0.6 is 23.7 Å². The van der Waals surface area contributed by atoms with E-state index in [1.165, 1.54) is 40.1 Å². The normalized spacial score (nSPS) is 10.6. The van der Waals surface area contributed by atoms with Crippen molar-refractivity contribution in [3.8, 4) is 45.6 Å². The van der Waals surface area contributed by atoms with Crippen LogP contribution in [0.25, 0.3) is 27.6 Å². The van der Waals surface area contributed by atoms with Gasteiger partial charge in [0, 0.05) is 22.3 Å². The molecule has 2 aromatic heterocycles. The van der Waals surface area contributed by atoms with Crippen molar-refractivity contribution in [2.75, 3.05) is 41.3 Å². The maximum absolute atomic E-state index is 14.3. The topological polar surface area (TPSA) is 120 Å². The lowest BCUT2D eigenvalue weighted by atomic mass is 9.95. The second-order valence-electron chi connectivity index (χ2n) is 9.33. The van der Waals surface area contributed by atoms with E-state index in [0.29, 0.717) is 56.6 Å². The molecule has 230 valence electrons. The number of hydrogen-bond donors (Lipinski definition) is 1. The highest BCUT2D eigenvalue weighted by Gasteiger charge is 2.28. The molecule has 0 aliphatic rings. The summed E-state index contributed by atoms with van der Waals surface area (Å²) in [5.41, 5.74) is 8.21. The van der Waals surface area contributed by atoms with Crippen LogP contribution in [0.3, 0.4) is 0 Å². The summed E-state index contributed by atoms with van der Waals surface area (Å²) in [6, 6.07) is 15.3. The van der Waals surface area contributed by atoms with E-state index in [1.807, 2.05) is 16.8 Å². The van der Waals surface area contributed by atoms with E-state index in [9.17, 15) is 9.59 Å².